The standard InChI is InChI=1S/C79H150O17P2/c1-5-9-13-17-21-25-28-31-33-34-35-36-37-38-39-41-44-47-50-54-58-62-66-79(84)96-75(70-90-77(82)64-60-56-52-48-45-43-40-32-29-26-22-18-14-10-6-2)72-94-98(87,88)92-68-73(80)67-91-97(85,86)93-71-74(69-89-76(81)63-59-55-51-24-20-16-12-8-4)95-78(83)65-61-57-53-49-46-42-30-27-23-19-15-11-7-3/h26,29,32,40,73-75,80H,5-25,27-28,30-31,33-39,41-72H2,1-4H3,(H,85,86)(H,87,88)/b29-26-,40-32-/t73-,74+,75+/m0/s1. The van der Waals surface area contributed by atoms with Crippen LogP contribution < -0.4 is 0 Å². The van der Waals surface area contributed by atoms with Crippen molar-refractivity contribution in [1.29, 1.82) is 0 Å². The van der Waals surface area contributed by atoms with Crippen LogP contribution in [0.25, 0.3) is 0 Å². The molecule has 0 aromatic carbocycles. The fourth-order valence-corrected chi connectivity index (χ4v) is 13.3. The van der Waals surface area contributed by atoms with E-state index in [0.717, 1.165) is 116 Å². The van der Waals surface area contributed by atoms with Gasteiger partial charge in [0.2, 0.25) is 0 Å². The molecule has 19 heteroatoms. The van der Waals surface area contributed by atoms with E-state index < -0.39 is 97.5 Å². The van der Waals surface area contributed by atoms with Crippen LogP contribution in [0.4, 0.5) is 0 Å². The molecule has 578 valence electrons. The molecule has 0 bridgehead atoms. The summed E-state index contributed by atoms with van der Waals surface area (Å²) in [4.78, 5) is 72.8. The maximum Gasteiger partial charge on any atom is 0.472 e. The first-order valence-electron chi connectivity index (χ1n) is 40.6. The highest BCUT2D eigenvalue weighted by atomic mass is 31.2. The van der Waals surface area contributed by atoms with Gasteiger partial charge in [0, 0.05) is 25.7 Å². The SMILES string of the molecule is CCCCCC/C=C\C=C/CCCCCCCC(=O)OC[C@H](COP(=O)(O)OC[C@@H](O)COP(=O)(O)OC[C@@H](COC(=O)CCCCCCCCCC)OC(=O)CCCCCCCCCCCCCCC)OC(=O)CCCCCCCCCCCCCCCCCCCCCCCC. The van der Waals surface area contributed by atoms with Crippen LogP contribution in [0.3, 0.4) is 0 Å². The molecule has 2 unspecified atom stereocenters. The molecule has 0 saturated carbocycles. The minimum absolute atomic E-state index is 0.102. The molecule has 98 heavy (non-hydrogen) atoms. The first-order valence-corrected chi connectivity index (χ1v) is 43.6. The molecule has 0 aliphatic carbocycles. The first kappa shape index (κ1) is 95.5. The molecule has 5 atom stereocenters. The molecule has 0 fully saturated rings. The van der Waals surface area contributed by atoms with E-state index in [2.05, 4.69) is 52.0 Å². The van der Waals surface area contributed by atoms with Crippen molar-refractivity contribution in [2.45, 2.75) is 418 Å². The van der Waals surface area contributed by atoms with Crippen LogP contribution >= 0.6 is 15.6 Å². The number of allylic oxidation sites excluding steroid dienone is 4. The lowest BCUT2D eigenvalue weighted by Crippen LogP contribution is -2.30. The molecular formula is C79H150O17P2. The van der Waals surface area contributed by atoms with Crippen LogP contribution in [-0.4, -0.2) is 96.7 Å². The number of aliphatic hydroxyl groups is 1. The summed E-state index contributed by atoms with van der Waals surface area (Å²) in [6, 6.07) is 0. The molecule has 3 N–H and O–H groups in total. The number of unbranched alkanes of at least 4 members (excludes halogenated alkanes) is 49. The van der Waals surface area contributed by atoms with Gasteiger partial charge in [0.15, 0.2) is 12.2 Å². The Balaban J connectivity index is 5.20. The van der Waals surface area contributed by atoms with Crippen LogP contribution in [-0.2, 0) is 65.4 Å². The van der Waals surface area contributed by atoms with Crippen molar-refractivity contribution >= 4 is 39.5 Å². The molecule has 0 aromatic rings. The van der Waals surface area contributed by atoms with Crippen molar-refractivity contribution in [2.24, 2.45) is 0 Å². The summed E-state index contributed by atoms with van der Waals surface area (Å²) in [5, 5.41) is 10.6. The number of carbonyl (C=O) groups is 4. The summed E-state index contributed by atoms with van der Waals surface area (Å²) in [6.45, 7) is 4.91. The molecule has 0 rings (SSSR count). The Hall–Kier alpha value is -2.46. The van der Waals surface area contributed by atoms with Gasteiger partial charge in [-0.05, 0) is 51.4 Å². The number of phosphoric ester groups is 2. The Morgan fingerprint density at radius 1 is 0.286 bits per heavy atom. The van der Waals surface area contributed by atoms with Crippen molar-refractivity contribution in [3.63, 3.8) is 0 Å². The third-order valence-electron chi connectivity index (χ3n) is 18.0. The van der Waals surface area contributed by atoms with Crippen molar-refractivity contribution in [2.75, 3.05) is 39.6 Å². The Morgan fingerprint density at radius 2 is 0.490 bits per heavy atom. The van der Waals surface area contributed by atoms with Crippen molar-refractivity contribution in [3.05, 3.63) is 24.3 Å². The molecule has 0 aliphatic heterocycles. The fraction of sp³-hybridized carbons (Fsp3) is 0.899. The van der Waals surface area contributed by atoms with Crippen LogP contribution in [0.15, 0.2) is 24.3 Å². The van der Waals surface area contributed by atoms with E-state index in [1.54, 1.807) is 0 Å². The molecule has 0 spiro atoms. The van der Waals surface area contributed by atoms with Crippen LogP contribution in [0, 0.1) is 0 Å². The Bertz CT molecular complexity index is 1950. The maximum atomic E-state index is 13.1. The molecule has 0 radical (unpaired) electrons. The third kappa shape index (κ3) is 71.9. The van der Waals surface area contributed by atoms with E-state index in [9.17, 15) is 43.2 Å². The Morgan fingerprint density at radius 3 is 0.745 bits per heavy atom. The van der Waals surface area contributed by atoms with Gasteiger partial charge in [-0.3, -0.25) is 37.3 Å². The van der Waals surface area contributed by atoms with E-state index in [0.29, 0.717) is 25.7 Å². The van der Waals surface area contributed by atoms with E-state index in [1.807, 2.05) is 0 Å². The molecule has 0 aliphatic rings. The lowest BCUT2D eigenvalue weighted by atomic mass is 10.0. The number of aliphatic hydroxyl groups excluding tert-OH is 1. The summed E-state index contributed by atoms with van der Waals surface area (Å²) >= 11 is 0. The van der Waals surface area contributed by atoms with E-state index in [1.165, 1.54) is 205 Å². The first-order chi connectivity index (χ1) is 47.7. The number of phosphoric acid groups is 2. The van der Waals surface area contributed by atoms with Gasteiger partial charge in [-0.1, -0.05) is 347 Å². The van der Waals surface area contributed by atoms with Crippen molar-refractivity contribution < 1.29 is 80.2 Å². The molecule has 0 saturated heterocycles. The summed E-state index contributed by atoms with van der Waals surface area (Å²) in [6.07, 6.45) is 67.6. The van der Waals surface area contributed by atoms with Crippen LogP contribution in [0.5, 0.6) is 0 Å². The number of hydrogen-bond acceptors (Lipinski definition) is 15. The van der Waals surface area contributed by atoms with Crippen molar-refractivity contribution in [3.8, 4) is 0 Å². The average molecular weight is 1430 g/mol. The lowest BCUT2D eigenvalue weighted by Gasteiger charge is -2.21. The van der Waals surface area contributed by atoms with Gasteiger partial charge < -0.3 is 33.8 Å². The lowest BCUT2D eigenvalue weighted by molar-refractivity contribution is -0.161. The van der Waals surface area contributed by atoms with E-state index >= 15 is 0 Å². The highest BCUT2D eigenvalue weighted by molar-refractivity contribution is 7.47. The normalized spacial score (nSPS) is 14.0. The summed E-state index contributed by atoms with van der Waals surface area (Å²) < 4.78 is 68.5. The summed E-state index contributed by atoms with van der Waals surface area (Å²) in [5.74, 6) is -2.14. The number of esters is 4. The molecule has 0 aromatic heterocycles. The van der Waals surface area contributed by atoms with Crippen LogP contribution in [0.2, 0.25) is 0 Å². The minimum Gasteiger partial charge on any atom is -0.462 e. The Labute approximate surface area is 599 Å². The minimum atomic E-state index is -4.97. The van der Waals surface area contributed by atoms with Gasteiger partial charge in [0.25, 0.3) is 0 Å². The molecule has 17 nitrogen and oxygen atoms in total. The zero-order valence-corrected chi connectivity index (χ0v) is 65.0. The maximum absolute atomic E-state index is 13.1. The number of ether oxygens (including phenoxy) is 4. The number of hydrogen-bond donors (Lipinski definition) is 3. The Kier molecular flexibility index (Phi) is 71.0. The monoisotopic (exact) mass is 1430 g/mol. The quantitative estimate of drug-likeness (QED) is 0.0169. The zero-order valence-electron chi connectivity index (χ0n) is 63.2. The van der Waals surface area contributed by atoms with E-state index in [-0.39, 0.29) is 25.7 Å². The summed E-state index contributed by atoms with van der Waals surface area (Å²) in [7, 11) is -9.92. The summed E-state index contributed by atoms with van der Waals surface area (Å²) in [5.41, 5.74) is 0. The van der Waals surface area contributed by atoms with Gasteiger partial charge in [-0.25, -0.2) is 9.13 Å². The predicted molar refractivity (Wildman–Crippen MR) is 400 cm³/mol. The second-order valence-electron chi connectivity index (χ2n) is 27.8. The number of rotatable bonds is 78. The molecule has 0 amide bonds. The topological polar surface area (TPSA) is 237 Å². The van der Waals surface area contributed by atoms with Gasteiger partial charge in [0.05, 0.1) is 26.4 Å². The third-order valence-corrected chi connectivity index (χ3v) is 19.9. The molecular weight excluding hydrogens is 1280 g/mol. The fourth-order valence-electron chi connectivity index (χ4n) is 11.7. The highest BCUT2D eigenvalue weighted by Gasteiger charge is 2.30. The predicted octanol–water partition coefficient (Wildman–Crippen LogP) is 23.3. The number of carbonyl (C=O) groups excluding carboxylic acids is 4. The van der Waals surface area contributed by atoms with Crippen molar-refractivity contribution in [1.82, 2.24) is 0 Å². The largest absolute Gasteiger partial charge is 0.472 e. The van der Waals surface area contributed by atoms with Gasteiger partial charge in [-0.2, -0.15) is 0 Å². The van der Waals surface area contributed by atoms with Gasteiger partial charge in [0.1, 0.15) is 19.3 Å². The smallest absolute Gasteiger partial charge is 0.462 e. The second kappa shape index (κ2) is 72.9. The van der Waals surface area contributed by atoms with Crippen LogP contribution in [0.1, 0.15) is 400 Å². The second-order valence-corrected chi connectivity index (χ2v) is 30.7. The average Bonchev–Trinajstić information content (AvgIpc) is 0.992. The van der Waals surface area contributed by atoms with Gasteiger partial charge in [-0.15, -0.1) is 0 Å². The zero-order chi connectivity index (χ0) is 71.8. The molecule has 0 heterocycles. The van der Waals surface area contributed by atoms with E-state index in [4.69, 9.17) is 37.0 Å². The van der Waals surface area contributed by atoms with Gasteiger partial charge >= 0.3 is 39.5 Å². The highest BCUT2D eigenvalue weighted by Crippen LogP contribution is 2.45.